The van der Waals surface area contributed by atoms with Crippen LogP contribution >= 0.6 is 7.14 Å². The molecule has 4 rings (SSSR count). The maximum atomic E-state index is 14.9. The summed E-state index contributed by atoms with van der Waals surface area (Å²) < 4.78 is 20.2. The number of anilines is 1. The number of hydrogen-bond acceptors (Lipinski definition) is 3. The van der Waals surface area contributed by atoms with Crippen LogP contribution in [0.15, 0.2) is 109 Å². The fraction of sp³-hybridized carbons (Fsp3) is 0.120. The van der Waals surface area contributed by atoms with Crippen molar-refractivity contribution in [2.75, 3.05) is 12.4 Å². The van der Waals surface area contributed by atoms with E-state index in [-0.39, 0.29) is 5.78 Å². The van der Waals surface area contributed by atoms with Gasteiger partial charge in [-0.2, -0.15) is 0 Å². The lowest BCUT2D eigenvalue weighted by atomic mass is 10.2. The Kier molecular flexibility index (Phi) is 5.69. The van der Waals surface area contributed by atoms with Crippen molar-refractivity contribution in [3.63, 3.8) is 0 Å². The first-order chi connectivity index (χ1) is 14.2. The number of allylic oxidation sites excluding steroid dienone is 3. The molecule has 1 unspecified atom stereocenters. The molecule has 146 valence electrons. The topological polar surface area (TPSA) is 38.3 Å². The van der Waals surface area contributed by atoms with Gasteiger partial charge >= 0.3 is 0 Å². The van der Waals surface area contributed by atoms with Crippen LogP contribution in [0.4, 0.5) is 5.69 Å². The highest BCUT2D eigenvalue weighted by molar-refractivity contribution is 7.79. The number of nitrogens with one attached hydrogen (secondary N) is 1. The number of benzene rings is 3. The molecule has 4 heteroatoms. The van der Waals surface area contributed by atoms with Gasteiger partial charge in [0.15, 0.2) is 7.14 Å². The van der Waals surface area contributed by atoms with Crippen molar-refractivity contribution in [1.82, 2.24) is 0 Å². The summed E-state index contributed by atoms with van der Waals surface area (Å²) in [5.41, 5.74) is 2.03. The zero-order chi connectivity index (χ0) is 20.1. The maximum Gasteiger partial charge on any atom is 0.168 e. The average molecular weight is 401 g/mol. The SMILES string of the molecule is COc1ccc(NC(C2=CC=CC2)P(=O)(c2ccccc2)c2ccccc2)cc1. The molecule has 1 aliphatic rings. The van der Waals surface area contributed by atoms with Gasteiger partial charge in [0.25, 0.3) is 0 Å². The fourth-order valence-electron chi connectivity index (χ4n) is 3.67. The summed E-state index contributed by atoms with van der Waals surface area (Å²) >= 11 is 0. The Morgan fingerprint density at radius 2 is 1.45 bits per heavy atom. The van der Waals surface area contributed by atoms with Crippen molar-refractivity contribution in [3.05, 3.63) is 109 Å². The molecule has 0 saturated carbocycles. The van der Waals surface area contributed by atoms with E-state index in [1.807, 2.05) is 91.0 Å². The van der Waals surface area contributed by atoms with E-state index in [0.29, 0.717) is 0 Å². The molecule has 0 radical (unpaired) electrons. The van der Waals surface area contributed by atoms with Gasteiger partial charge in [-0.3, -0.25) is 0 Å². The Morgan fingerprint density at radius 1 is 0.862 bits per heavy atom. The zero-order valence-electron chi connectivity index (χ0n) is 16.4. The van der Waals surface area contributed by atoms with E-state index in [1.54, 1.807) is 7.11 Å². The van der Waals surface area contributed by atoms with E-state index in [9.17, 15) is 4.57 Å². The van der Waals surface area contributed by atoms with E-state index >= 15 is 0 Å². The Hall–Kier alpha value is -3.03. The number of rotatable bonds is 7. The summed E-state index contributed by atoms with van der Waals surface area (Å²) in [5.74, 6) is 0.457. The smallest absolute Gasteiger partial charge is 0.168 e. The van der Waals surface area contributed by atoms with Crippen LogP contribution in [0, 0.1) is 0 Å². The second-order valence-electron chi connectivity index (χ2n) is 6.98. The fourth-order valence-corrected chi connectivity index (χ4v) is 6.79. The van der Waals surface area contributed by atoms with E-state index in [0.717, 1.165) is 34.0 Å². The third-order valence-corrected chi connectivity index (χ3v) is 8.51. The Balaban J connectivity index is 1.83. The van der Waals surface area contributed by atoms with Crippen molar-refractivity contribution < 1.29 is 9.30 Å². The molecule has 0 amide bonds. The van der Waals surface area contributed by atoms with Gasteiger partial charge in [0.05, 0.1) is 7.11 Å². The van der Waals surface area contributed by atoms with Gasteiger partial charge in [0, 0.05) is 16.3 Å². The minimum Gasteiger partial charge on any atom is -0.497 e. The molecule has 1 aliphatic carbocycles. The minimum atomic E-state index is -3.02. The van der Waals surface area contributed by atoms with E-state index in [1.165, 1.54) is 0 Å². The molecule has 1 atom stereocenters. The molecule has 0 aliphatic heterocycles. The molecule has 3 aromatic rings. The van der Waals surface area contributed by atoms with Gasteiger partial charge < -0.3 is 14.6 Å². The Bertz CT molecular complexity index is 1010. The van der Waals surface area contributed by atoms with Crippen LogP contribution in [0.5, 0.6) is 5.75 Å². The summed E-state index contributed by atoms with van der Waals surface area (Å²) in [6, 6.07) is 27.4. The summed E-state index contributed by atoms with van der Waals surface area (Å²) in [5, 5.41) is 5.29. The third kappa shape index (κ3) is 3.92. The molecule has 0 fully saturated rings. The summed E-state index contributed by atoms with van der Waals surface area (Å²) in [6.07, 6.45) is 7.02. The van der Waals surface area contributed by atoms with E-state index < -0.39 is 7.14 Å². The molecule has 0 spiro atoms. The molecule has 1 N–H and O–H groups in total. The summed E-state index contributed by atoms with van der Waals surface area (Å²) in [6.45, 7) is 0. The zero-order valence-corrected chi connectivity index (χ0v) is 17.3. The van der Waals surface area contributed by atoms with Crippen molar-refractivity contribution in [2.45, 2.75) is 12.2 Å². The first kappa shape index (κ1) is 19.3. The first-order valence-electron chi connectivity index (χ1n) is 9.69. The van der Waals surface area contributed by atoms with Crippen LogP contribution < -0.4 is 20.7 Å². The van der Waals surface area contributed by atoms with Crippen LogP contribution in [0.1, 0.15) is 6.42 Å². The first-order valence-corrected chi connectivity index (χ1v) is 11.5. The molecule has 0 heterocycles. The lowest BCUT2D eigenvalue weighted by Crippen LogP contribution is -2.32. The van der Waals surface area contributed by atoms with Crippen LogP contribution in [0.2, 0.25) is 0 Å². The van der Waals surface area contributed by atoms with E-state index in [2.05, 4.69) is 17.5 Å². The Morgan fingerprint density at radius 3 is 1.93 bits per heavy atom. The Labute approximate surface area is 172 Å². The van der Waals surface area contributed by atoms with Gasteiger partial charge in [-0.25, -0.2) is 0 Å². The molecule has 3 nitrogen and oxygen atoms in total. The second-order valence-corrected chi connectivity index (χ2v) is 9.84. The standard InChI is InChI=1S/C25H24NO2P/c1-28-22-18-16-21(17-19-22)26-25(20-10-8-9-11-20)29(27,23-12-4-2-5-13-23)24-14-6-3-7-15-24/h2-10,12-19,25-26H,11H2,1H3. The number of hydrogen-bond donors (Lipinski definition) is 1. The van der Waals surface area contributed by atoms with Gasteiger partial charge in [0.2, 0.25) is 0 Å². The highest BCUT2D eigenvalue weighted by atomic mass is 31.2. The number of methoxy groups -OCH3 is 1. The van der Waals surface area contributed by atoms with Gasteiger partial charge in [-0.1, -0.05) is 78.9 Å². The highest BCUT2D eigenvalue weighted by Gasteiger charge is 2.39. The van der Waals surface area contributed by atoms with Crippen LogP contribution in [-0.2, 0) is 4.57 Å². The summed E-state index contributed by atoms with van der Waals surface area (Å²) in [7, 11) is -1.37. The summed E-state index contributed by atoms with van der Waals surface area (Å²) in [4.78, 5) is 0. The molecule has 0 bridgehead atoms. The van der Waals surface area contributed by atoms with E-state index in [4.69, 9.17) is 4.74 Å². The second kappa shape index (κ2) is 8.55. The van der Waals surface area contributed by atoms with Crippen molar-refractivity contribution >= 4 is 23.4 Å². The molecule has 0 saturated heterocycles. The lowest BCUT2D eigenvalue weighted by Gasteiger charge is -2.31. The molecular weight excluding hydrogens is 377 g/mol. The maximum absolute atomic E-state index is 14.9. The third-order valence-electron chi connectivity index (χ3n) is 5.19. The quantitative estimate of drug-likeness (QED) is 0.544. The molecular formula is C25H24NO2P. The average Bonchev–Trinajstić information content (AvgIpc) is 3.33. The monoisotopic (exact) mass is 401 g/mol. The predicted octanol–water partition coefficient (Wildman–Crippen LogP) is 5.33. The van der Waals surface area contributed by atoms with Crippen LogP contribution in [0.3, 0.4) is 0 Å². The normalized spacial score (nSPS) is 14.3. The van der Waals surface area contributed by atoms with Crippen molar-refractivity contribution in [3.8, 4) is 5.75 Å². The van der Waals surface area contributed by atoms with Crippen molar-refractivity contribution in [1.29, 1.82) is 0 Å². The molecule has 3 aromatic carbocycles. The molecule has 29 heavy (non-hydrogen) atoms. The molecule has 0 aromatic heterocycles. The number of ether oxygens (including phenoxy) is 1. The van der Waals surface area contributed by atoms with Gasteiger partial charge in [-0.15, -0.1) is 0 Å². The van der Waals surface area contributed by atoms with Crippen LogP contribution in [0.25, 0.3) is 0 Å². The largest absolute Gasteiger partial charge is 0.497 e. The lowest BCUT2D eigenvalue weighted by molar-refractivity contribution is 0.415. The predicted molar refractivity (Wildman–Crippen MR) is 122 cm³/mol. The van der Waals surface area contributed by atoms with Gasteiger partial charge in [0.1, 0.15) is 11.5 Å². The highest BCUT2D eigenvalue weighted by Crippen LogP contribution is 2.52. The van der Waals surface area contributed by atoms with Gasteiger partial charge in [-0.05, 0) is 36.3 Å². The van der Waals surface area contributed by atoms with Crippen molar-refractivity contribution in [2.24, 2.45) is 0 Å². The minimum absolute atomic E-state index is 0.337. The van der Waals surface area contributed by atoms with Crippen LogP contribution in [-0.4, -0.2) is 12.9 Å².